The maximum atomic E-state index is 4.54. The number of hydrogen-bond acceptors (Lipinski definition) is 2. The van der Waals surface area contributed by atoms with Gasteiger partial charge in [-0.3, -0.25) is 0 Å². The molecule has 1 N–H and O–H groups in total. The third-order valence-corrected chi connectivity index (χ3v) is 3.53. The van der Waals surface area contributed by atoms with Crippen LogP contribution in [0.1, 0.15) is 37.7 Å². The molecule has 16 heavy (non-hydrogen) atoms. The molecule has 0 atom stereocenters. The van der Waals surface area contributed by atoms with Crippen molar-refractivity contribution in [2.24, 2.45) is 5.92 Å². The zero-order valence-corrected chi connectivity index (χ0v) is 10.5. The largest absolute Gasteiger partial charge is 0.335 e. The van der Waals surface area contributed by atoms with E-state index >= 15 is 0 Å². The van der Waals surface area contributed by atoms with E-state index in [0.717, 1.165) is 24.6 Å². The number of piperidine rings is 1. The van der Waals surface area contributed by atoms with Gasteiger partial charge in [-0.15, -0.1) is 0 Å². The summed E-state index contributed by atoms with van der Waals surface area (Å²) in [5.74, 6) is 2.15. The van der Waals surface area contributed by atoms with Crippen molar-refractivity contribution in [2.45, 2.75) is 46.1 Å². The molecule has 1 saturated heterocycles. The van der Waals surface area contributed by atoms with Crippen LogP contribution in [0, 0.1) is 12.8 Å². The molecule has 1 aliphatic heterocycles. The lowest BCUT2D eigenvalue weighted by molar-refractivity contribution is 0.336. The van der Waals surface area contributed by atoms with Crippen molar-refractivity contribution in [1.29, 1.82) is 0 Å². The SMILES string of the molecule is CCc1nc(C)cn1CCC1CCNCC1. The molecule has 0 aliphatic carbocycles. The lowest BCUT2D eigenvalue weighted by Gasteiger charge is -2.22. The van der Waals surface area contributed by atoms with Gasteiger partial charge in [0.2, 0.25) is 0 Å². The first kappa shape index (κ1) is 11.6. The summed E-state index contributed by atoms with van der Waals surface area (Å²) in [6.07, 6.45) is 7.23. The maximum Gasteiger partial charge on any atom is 0.108 e. The molecule has 90 valence electrons. The Kier molecular flexibility index (Phi) is 3.99. The highest BCUT2D eigenvalue weighted by atomic mass is 15.1. The van der Waals surface area contributed by atoms with Crippen LogP contribution >= 0.6 is 0 Å². The Morgan fingerprint density at radius 3 is 2.88 bits per heavy atom. The Labute approximate surface area is 98.3 Å². The van der Waals surface area contributed by atoms with Crippen LogP contribution < -0.4 is 5.32 Å². The van der Waals surface area contributed by atoms with Gasteiger partial charge in [0.05, 0.1) is 5.69 Å². The smallest absolute Gasteiger partial charge is 0.108 e. The van der Waals surface area contributed by atoms with Crippen LogP contribution in [0.5, 0.6) is 0 Å². The monoisotopic (exact) mass is 221 g/mol. The molecule has 1 aromatic rings. The van der Waals surface area contributed by atoms with Crippen LogP contribution in [-0.2, 0) is 13.0 Å². The number of hydrogen-bond donors (Lipinski definition) is 1. The third-order valence-electron chi connectivity index (χ3n) is 3.53. The fraction of sp³-hybridized carbons (Fsp3) is 0.769. The van der Waals surface area contributed by atoms with Crippen LogP contribution in [0.15, 0.2) is 6.20 Å². The molecule has 0 spiro atoms. The van der Waals surface area contributed by atoms with Gasteiger partial charge in [0.25, 0.3) is 0 Å². The van der Waals surface area contributed by atoms with E-state index in [2.05, 4.69) is 34.9 Å². The highest BCUT2D eigenvalue weighted by molar-refractivity contribution is 5.01. The van der Waals surface area contributed by atoms with Gasteiger partial charge in [0.1, 0.15) is 5.82 Å². The molecule has 0 saturated carbocycles. The molecule has 0 unspecified atom stereocenters. The van der Waals surface area contributed by atoms with Crippen molar-refractivity contribution < 1.29 is 0 Å². The van der Waals surface area contributed by atoms with E-state index in [4.69, 9.17) is 0 Å². The van der Waals surface area contributed by atoms with E-state index in [1.807, 2.05) is 0 Å². The first-order valence-corrected chi connectivity index (χ1v) is 6.53. The predicted molar refractivity (Wildman–Crippen MR) is 66.6 cm³/mol. The highest BCUT2D eigenvalue weighted by Gasteiger charge is 2.13. The molecule has 3 nitrogen and oxygen atoms in total. The summed E-state index contributed by atoms with van der Waals surface area (Å²) in [5.41, 5.74) is 1.15. The molecule has 2 heterocycles. The number of nitrogens with one attached hydrogen (secondary N) is 1. The van der Waals surface area contributed by atoms with Crippen molar-refractivity contribution in [3.8, 4) is 0 Å². The molecule has 0 aromatic carbocycles. The van der Waals surface area contributed by atoms with Crippen LogP contribution in [0.4, 0.5) is 0 Å². The van der Waals surface area contributed by atoms with E-state index in [-0.39, 0.29) is 0 Å². The van der Waals surface area contributed by atoms with Gasteiger partial charge in [-0.05, 0) is 45.2 Å². The number of rotatable bonds is 4. The summed E-state index contributed by atoms with van der Waals surface area (Å²) in [6.45, 7) is 7.82. The zero-order valence-electron chi connectivity index (χ0n) is 10.5. The average Bonchev–Trinajstić information content (AvgIpc) is 2.68. The predicted octanol–water partition coefficient (Wildman–Crippen LogP) is 2.14. The van der Waals surface area contributed by atoms with E-state index in [9.17, 15) is 0 Å². The van der Waals surface area contributed by atoms with Gasteiger partial charge < -0.3 is 9.88 Å². The van der Waals surface area contributed by atoms with Crippen molar-refractivity contribution >= 4 is 0 Å². The minimum Gasteiger partial charge on any atom is -0.335 e. The summed E-state index contributed by atoms with van der Waals surface area (Å²) in [4.78, 5) is 4.54. The Morgan fingerprint density at radius 2 is 2.19 bits per heavy atom. The Morgan fingerprint density at radius 1 is 1.44 bits per heavy atom. The minimum absolute atomic E-state index is 0.911. The molecule has 0 bridgehead atoms. The number of aryl methyl sites for hydroxylation is 3. The van der Waals surface area contributed by atoms with Crippen LogP contribution in [0.25, 0.3) is 0 Å². The number of imidazole rings is 1. The molecule has 2 rings (SSSR count). The normalized spacial score (nSPS) is 17.9. The van der Waals surface area contributed by atoms with Gasteiger partial charge in [0, 0.05) is 19.2 Å². The first-order valence-electron chi connectivity index (χ1n) is 6.53. The minimum atomic E-state index is 0.911. The van der Waals surface area contributed by atoms with Gasteiger partial charge in [-0.25, -0.2) is 4.98 Å². The fourth-order valence-electron chi connectivity index (χ4n) is 2.56. The molecular weight excluding hydrogens is 198 g/mol. The summed E-state index contributed by atoms with van der Waals surface area (Å²) in [5, 5.41) is 3.42. The molecule has 1 fully saturated rings. The van der Waals surface area contributed by atoms with Crippen molar-refractivity contribution in [2.75, 3.05) is 13.1 Å². The lowest BCUT2D eigenvalue weighted by Crippen LogP contribution is -2.28. The summed E-state index contributed by atoms with van der Waals surface area (Å²) < 4.78 is 2.34. The molecule has 0 amide bonds. The second kappa shape index (κ2) is 5.48. The summed E-state index contributed by atoms with van der Waals surface area (Å²) in [7, 11) is 0. The van der Waals surface area contributed by atoms with E-state index in [1.54, 1.807) is 0 Å². The second-order valence-electron chi connectivity index (χ2n) is 4.83. The van der Waals surface area contributed by atoms with Crippen LogP contribution in [-0.4, -0.2) is 22.6 Å². The molecular formula is C13H23N3. The quantitative estimate of drug-likeness (QED) is 0.844. The Hall–Kier alpha value is -0.830. The van der Waals surface area contributed by atoms with Gasteiger partial charge >= 0.3 is 0 Å². The molecule has 3 heteroatoms. The molecule has 1 aromatic heterocycles. The average molecular weight is 221 g/mol. The number of aromatic nitrogens is 2. The Balaban J connectivity index is 1.87. The van der Waals surface area contributed by atoms with Gasteiger partial charge in [-0.2, -0.15) is 0 Å². The van der Waals surface area contributed by atoms with Crippen molar-refractivity contribution in [3.63, 3.8) is 0 Å². The highest BCUT2D eigenvalue weighted by Crippen LogP contribution is 2.17. The van der Waals surface area contributed by atoms with E-state index < -0.39 is 0 Å². The molecule has 1 aliphatic rings. The van der Waals surface area contributed by atoms with Gasteiger partial charge in [0.15, 0.2) is 0 Å². The van der Waals surface area contributed by atoms with Gasteiger partial charge in [-0.1, -0.05) is 6.92 Å². The second-order valence-corrected chi connectivity index (χ2v) is 4.83. The summed E-state index contributed by atoms with van der Waals surface area (Å²) in [6, 6.07) is 0. The maximum absolute atomic E-state index is 4.54. The van der Waals surface area contributed by atoms with Crippen molar-refractivity contribution in [1.82, 2.24) is 14.9 Å². The fourth-order valence-corrected chi connectivity index (χ4v) is 2.56. The third kappa shape index (κ3) is 2.85. The zero-order chi connectivity index (χ0) is 11.4. The standard InChI is InChI=1S/C13H23N3/c1-3-13-15-11(2)10-16(13)9-6-12-4-7-14-8-5-12/h10,12,14H,3-9H2,1-2H3. The topological polar surface area (TPSA) is 29.9 Å². The van der Waals surface area contributed by atoms with Crippen LogP contribution in [0.2, 0.25) is 0 Å². The van der Waals surface area contributed by atoms with E-state index in [1.165, 1.54) is 38.2 Å². The Bertz CT molecular complexity index is 324. The lowest BCUT2D eigenvalue weighted by atomic mass is 9.95. The number of nitrogens with zero attached hydrogens (tertiary/aromatic N) is 2. The molecule has 0 radical (unpaired) electrons. The summed E-state index contributed by atoms with van der Waals surface area (Å²) >= 11 is 0. The van der Waals surface area contributed by atoms with E-state index in [0.29, 0.717) is 0 Å². The van der Waals surface area contributed by atoms with Crippen molar-refractivity contribution in [3.05, 3.63) is 17.7 Å². The van der Waals surface area contributed by atoms with Crippen LogP contribution in [0.3, 0.4) is 0 Å². The first-order chi connectivity index (χ1) is 7.79.